The molecule has 27 heavy (non-hydrogen) atoms. The van der Waals surface area contributed by atoms with Gasteiger partial charge in [0.15, 0.2) is 17.2 Å². The van der Waals surface area contributed by atoms with Crippen molar-refractivity contribution in [1.82, 2.24) is 19.9 Å². The summed E-state index contributed by atoms with van der Waals surface area (Å²) in [5, 5.41) is 17.5. The first-order valence-electron chi connectivity index (χ1n) is 8.92. The Balaban J connectivity index is 1.64. The fraction of sp³-hybridized carbons (Fsp3) is 0.444. The smallest absolute Gasteiger partial charge is 0.326 e. The van der Waals surface area contributed by atoms with Crippen LogP contribution in [0.2, 0.25) is 0 Å². The van der Waals surface area contributed by atoms with Gasteiger partial charge in [0.2, 0.25) is 0 Å². The summed E-state index contributed by atoms with van der Waals surface area (Å²) in [5.74, 6) is -0.108. The maximum Gasteiger partial charge on any atom is 0.326 e. The van der Waals surface area contributed by atoms with Crippen LogP contribution in [0.1, 0.15) is 35.4 Å². The average Bonchev–Trinajstić information content (AvgIpc) is 3.08. The van der Waals surface area contributed by atoms with Gasteiger partial charge in [-0.15, -0.1) is 5.10 Å². The van der Waals surface area contributed by atoms with Crippen molar-refractivity contribution in [3.63, 3.8) is 0 Å². The van der Waals surface area contributed by atoms with Crippen molar-refractivity contribution in [1.29, 1.82) is 0 Å². The summed E-state index contributed by atoms with van der Waals surface area (Å²) in [5.41, 5.74) is 1.40. The molecule has 2 aromatic rings. The van der Waals surface area contributed by atoms with Gasteiger partial charge in [0.05, 0.1) is 11.4 Å². The third-order valence-electron chi connectivity index (χ3n) is 4.92. The largest absolute Gasteiger partial charge is 0.486 e. The molecule has 2 aliphatic heterocycles. The number of aliphatic carboxylic acids is 1. The maximum absolute atomic E-state index is 12.9. The van der Waals surface area contributed by atoms with Crippen molar-refractivity contribution in [3.05, 3.63) is 29.6 Å². The number of carbonyl (C=O) groups excluding carboxylic acids is 1. The van der Waals surface area contributed by atoms with Crippen molar-refractivity contribution in [2.75, 3.05) is 19.8 Å². The number of carboxylic acids is 1. The van der Waals surface area contributed by atoms with Crippen LogP contribution in [-0.2, 0) is 4.79 Å². The Labute approximate surface area is 155 Å². The third-order valence-corrected chi connectivity index (χ3v) is 4.92. The predicted octanol–water partition coefficient (Wildman–Crippen LogP) is 1.43. The van der Waals surface area contributed by atoms with Gasteiger partial charge in [0.1, 0.15) is 19.3 Å². The lowest BCUT2D eigenvalue weighted by atomic mass is 10.0. The van der Waals surface area contributed by atoms with E-state index in [-0.39, 0.29) is 5.69 Å². The highest BCUT2D eigenvalue weighted by Gasteiger charge is 2.34. The summed E-state index contributed by atoms with van der Waals surface area (Å²) in [6.45, 7) is 3.13. The number of aromatic nitrogens is 3. The van der Waals surface area contributed by atoms with Crippen LogP contribution >= 0.6 is 0 Å². The monoisotopic (exact) mass is 372 g/mol. The molecule has 1 fully saturated rings. The Bertz CT molecular complexity index is 894. The van der Waals surface area contributed by atoms with Crippen LogP contribution in [0.25, 0.3) is 5.69 Å². The van der Waals surface area contributed by atoms with Crippen molar-refractivity contribution >= 4 is 11.9 Å². The van der Waals surface area contributed by atoms with Gasteiger partial charge in [0, 0.05) is 12.6 Å². The number of piperidine rings is 1. The quantitative estimate of drug-likeness (QED) is 0.868. The second-order valence-electron chi connectivity index (χ2n) is 6.61. The van der Waals surface area contributed by atoms with Gasteiger partial charge < -0.3 is 19.5 Å². The van der Waals surface area contributed by atoms with E-state index in [0.29, 0.717) is 49.1 Å². The fourth-order valence-corrected chi connectivity index (χ4v) is 3.50. The average molecular weight is 372 g/mol. The number of fused-ring (bicyclic) bond motifs is 1. The molecule has 0 spiro atoms. The molecule has 0 aliphatic carbocycles. The molecule has 2 aliphatic rings. The number of hydrogen-bond donors (Lipinski definition) is 1. The van der Waals surface area contributed by atoms with Crippen molar-refractivity contribution in [2.45, 2.75) is 32.2 Å². The molecule has 3 heterocycles. The lowest BCUT2D eigenvalue weighted by Gasteiger charge is -2.32. The number of amides is 1. The molecular weight excluding hydrogens is 352 g/mol. The SMILES string of the molecule is Cc1c(C(=O)N2CCCCC2C(=O)O)nnn1-c1ccc2c(c1)OCCO2. The lowest BCUT2D eigenvalue weighted by molar-refractivity contribution is -0.143. The number of carboxylic acid groups (broad SMARTS) is 1. The van der Waals surface area contributed by atoms with Gasteiger partial charge >= 0.3 is 5.97 Å². The Kier molecular flexibility index (Phi) is 4.43. The van der Waals surface area contributed by atoms with E-state index in [1.54, 1.807) is 23.7 Å². The van der Waals surface area contributed by atoms with Crippen LogP contribution in [0, 0.1) is 6.92 Å². The maximum atomic E-state index is 12.9. The summed E-state index contributed by atoms with van der Waals surface area (Å²) in [6.07, 6.45) is 2.03. The molecule has 9 nitrogen and oxygen atoms in total. The Hall–Kier alpha value is -3.10. The standard InChI is InChI=1S/C18H20N4O5/c1-11-16(17(23)21-7-3-2-4-13(21)18(24)25)19-20-22(11)12-5-6-14-15(10-12)27-9-8-26-14/h5-6,10,13H,2-4,7-9H2,1H3,(H,24,25). The molecular formula is C18H20N4O5. The summed E-state index contributed by atoms with van der Waals surface area (Å²) in [4.78, 5) is 25.8. The van der Waals surface area contributed by atoms with Crippen molar-refractivity contribution in [2.24, 2.45) is 0 Å². The number of hydrogen-bond acceptors (Lipinski definition) is 6. The van der Waals surface area contributed by atoms with E-state index in [4.69, 9.17) is 9.47 Å². The molecule has 142 valence electrons. The Morgan fingerprint density at radius 1 is 1.19 bits per heavy atom. The third kappa shape index (κ3) is 3.09. The van der Waals surface area contributed by atoms with Crippen LogP contribution in [-0.4, -0.2) is 62.7 Å². The number of rotatable bonds is 3. The lowest BCUT2D eigenvalue weighted by Crippen LogP contribution is -2.48. The predicted molar refractivity (Wildman–Crippen MR) is 93.4 cm³/mol. The summed E-state index contributed by atoms with van der Waals surface area (Å²) in [6, 6.07) is 4.57. The van der Waals surface area contributed by atoms with E-state index in [0.717, 1.165) is 12.8 Å². The molecule has 1 saturated heterocycles. The molecule has 1 unspecified atom stereocenters. The number of benzene rings is 1. The highest BCUT2D eigenvalue weighted by Crippen LogP contribution is 2.32. The zero-order chi connectivity index (χ0) is 19.0. The Morgan fingerprint density at radius 2 is 1.96 bits per heavy atom. The zero-order valence-electron chi connectivity index (χ0n) is 14.9. The van der Waals surface area contributed by atoms with Gasteiger partial charge in [-0.1, -0.05) is 5.21 Å². The zero-order valence-corrected chi connectivity index (χ0v) is 14.9. The first kappa shape index (κ1) is 17.3. The van der Waals surface area contributed by atoms with E-state index in [2.05, 4.69) is 10.3 Å². The van der Waals surface area contributed by atoms with Crippen LogP contribution in [0.4, 0.5) is 0 Å². The van der Waals surface area contributed by atoms with Crippen LogP contribution in [0.15, 0.2) is 18.2 Å². The van der Waals surface area contributed by atoms with Crippen LogP contribution < -0.4 is 9.47 Å². The van der Waals surface area contributed by atoms with Crippen molar-refractivity contribution in [3.8, 4) is 17.2 Å². The topological polar surface area (TPSA) is 107 Å². The molecule has 0 saturated carbocycles. The minimum atomic E-state index is -0.986. The molecule has 1 N–H and O–H groups in total. The first-order valence-corrected chi connectivity index (χ1v) is 8.92. The molecule has 1 aromatic carbocycles. The summed E-state index contributed by atoms with van der Waals surface area (Å²) in [7, 11) is 0. The highest BCUT2D eigenvalue weighted by atomic mass is 16.6. The molecule has 4 rings (SSSR count). The second kappa shape index (κ2) is 6.90. The minimum absolute atomic E-state index is 0.165. The molecule has 0 bridgehead atoms. The highest BCUT2D eigenvalue weighted by molar-refractivity contribution is 5.96. The van der Waals surface area contributed by atoms with E-state index in [1.807, 2.05) is 6.07 Å². The van der Waals surface area contributed by atoms with Gasteiger partial charge in [-0.05, 0) is 38.3 Å². The van der Waals surface area contributed by atoms with Crippen molar-refractivity contribution < 1.29 is 24.2 Å². The summed E-state index contributed by atoms with van der Waals surface area (Å²) < 4.78 is 12.7. The van der Waals surface area contributed by atoms with Gasteiger partial charge in [-0.2, -0.15) is 0 Å². The molecule has 1 amide bonds. The number of nitrogens with zero attached hydrogens (tertiary/aromatic N) is 4. The van der Waals surface area contributed by atoms with E-state index >= 15 is 0 Å². The molecule has 9 heteroatoms. The van der Waals surface area contributed by atoms with Gasteiger partial charge in [-0.3, -0.25) is 4.79 Å². The van der Waals surface area contributed by atoms with Crippen LogP contribution in [0.5, 0.6) is 11.5 Å². The fourth-order valence-electron chi connectivity index (χ4n) is 3.50. The number of ether oxygens (including phenoxy) is 2. The number of carbonyl (C=O) groups is 2. The Morgan fingerprint density at radius 3 is 2.74 bits per heavy atom. The molecule has 1 atom stereocenters. The normalized spacial score (nSPS) is 19.0. The first-order chi connectivity index (χ1) is 13.1. The molecule has 0 radical (unpaired) electrons. The summed E-state index contributed by atoms with van der Waals surface area (Å²) >= 11 is 0. The molecule has 1 aromatic heterocycles. The van der Waals surface area contributed by atoms with Gasteiger partial charge in [-0.25, -0.2) is 9.48 Å². The minimum Gasteiger partial charge on any atom is -0.486 e. The second-order valence-corrected chi connectivity index (χ2v) is 6.61. The number of likely N-dealkylation sites (tertiary alicyclic amines) is 1. The van der Waals surface area contributed by atoms with Crippen LogP contribution in [0.3, 0.4) is 0 Å². The van der Waals surface area contributed by atoms with E-state index in [1.165, 1.54) is 4.90 Å². The van der Waals surface area contributed by atoms with Gasteiger partial charge in [0.25, 0.3) is 5.91 Å². The van der Waals surface area contributed by atoms with E-state index in [9.17, 15) is 14.7 Å². The van der Waals surface area contributed by atoms with E-state index < -0.39 is 17.9 Å².